The minimum absolute atomic E-state index is 0.0333. The van der Waals surface area contributed by atoms with Gasteiger partial charge in [0.15, 0.2) is 5.82 Å². The van der Waals surface area contributed by atoms with Gasteiger partial charge in [-0.1, -0.05) is 23.4 Å². The van der Waals surface area contributed by atoms with Gasteiger partial charge in [-0.2, -0.15) is 0 Å². The van der Waals surface area contributed by atoms with Crippen molar-refractivity contribution in [3.63, 3.8) is 0 Å². The topological polar surface area (TPSA) is 55.1 Å². The first-order chi connectivity index (χ1) is 10.1. The standard InChI is InChI=1S/C17H20N2O2/c1-11-6-5-7-12(2)14(11)10-16(20)18-17-13-8-3-4-9-15(13)21-19-17/h5-7H,3-4,8-10H2,1-2H3,(H,18,19,20). The summed E-state index contributed by atoms with van der Waals surface area (Å²) in [4.78, 5) is 12.3. The van der Waals surface area contributed by atoms with Gasteiger partial charge in [-0.05, 0) is 49.8 Å². The Hall–Kier alpha value is -2.10. The van der Waals surface area contributed by atoms with Gasteiger partial charge >= 0.3 is 0 Å². The molecule has 0 saturated heterocycles. The first-order valence-electron chi connectivity index (χ1n) is 7.47. The number of hydrogen-bond acceptors (Lipinski definition) is 3. The number of fused-ring (bicyclic) bond motifs is 1. The molecular weight excluding hydrogens is 264 g/mol. The van der Waals surface area contributed by atoms with E-state index in [1.165, 1.54) is 0 Å². The molecule has 4 nitrogen and oxygen atoms in total. The summed E-state index contributed by atoms with van der Waals surface area (Å²) in [7, 11) is 0. The van der Waals surface area contributed by atoms with Gasteiger partial charge < -0.3 is 9.84 Å². The molecule has 1 amide bonds. The molecule has 0 saturated carbocycles. The van der Waals surface area contributed by atoms with Crippen LogP contribution in [-0.4, -0.2) is 11.1 Å². The molecule has 0 aliphatic heterocycles. The molecule has 0 fully saturated rings. The van der Waals surface area contributed by atoms with E-state index in [-0.39, 0.29) is 5.91 Å². The molecule has 21 heavy (non-hydrogen) atoms. The number of aryl methyl sites for hydroxylation is 3. The normalized spacial score (nSPS) is 13.8. The number of amides is 1. The highest BCUT2D eigenvalue weighted by Gasteiger charge is 2.21. The second-order valence-corrected chi connectivity index (χ2v) is 5.74. The number of anilines is 1. The molecule has 0 unspecified atom stereocenters. The van der Waals surface area contributed by atoms with Crippen molar-refractivity contribution in [2.24, 2.45) is 0 Å². The molecule has 1 N–H and O–H groups in total. The van der Waals surface area contributed by atoms with E-state index in [1.807, 2.05) is 32.0 Å². The van der Waals surface area contributed by atoms with Crippen LogP contribution < -0.4 is 5.32 Å². The average molecular weight is 284 g/mol. The summed E-state index contributed by atoms with van der Waals surface area (Å²) < 4.78 is 5.32. The van der Waals surface area contributed by atoms with Crippen molar-refractivity contribution in [3.05, 3.63) is 46.2 Å². The molecule has 1 aliphatic carbocycles. The van der Waals surface area contributed by atoms with Gasteiger partial charge in [0.25, 0.3) is 0 Å². The second kappa shape index (κ2) is 5.72. The lowest BCUT2D eigenvalue weighted by atomic mass is 9.98. The van der Waals surface area contributed by atoms with E-state index in [4.69, 9.17) is 4.52 Å². The maximum absolute atomic E-state index is 12.3. The Morgan fingerprint density at radius 2 is 1.95 bits per heavy atom. The predicted molar refractivity (Wildman–Crippen MR) is 81.4 cm³/mol. The Morgan fingerprint density at radius 3 is 2.71 bits per heavy atom. The summed E-state index contributed by atoms with van der Waals surface area (Å²) in [6.45, 7) is 4.07. The highest BCUT2D eigenvalue weighted by atomic mass is 16.5. The number of hydrogen-bond donors (Lipinski definition) is 1. The highest BCUT2D eigenvalue weighted by molar-refractivity contribution is 5.92. The van der Waals surface area contributed by atoms with E-state index in [9.17, 15) is 4.79 Å². The third kappa shape index (κ3) is 2.84. The van der Waals surface area contributed by atoms with Crippen LogP contribution in [0.2, 0.25) is 0 Å². The summed E-state index contributed by atoms with van der Waals surface area (Å²) in [6.07, 6.45) is 4.51. The van der Waals surface area contributed by atoms with Crippen LogP contribution in [0.1, 0.15) is 40.9 Å². The zero-order valence-corrected chi connectivity index (χ0v) is 12.5. The fraction of sp³-hybridized carbons (Fsp3) is 0.412. The first-order valence-corrected chi connectivity index (χ1v) is 7.47. The van der Waals surface area contributed by atoms with Gasteiger partial charge in [0, 0.05) is 12.0 Å². The van der Waals surface area contributed by atoms with Gasteiger partial charge in [-0.3, -0.25) is 4.79 Å². The Labute approximate surface area is 124 Å². The average Bonchev–Trinajstić information content (AvgIpc) is 2.87. The summed E-state index contributed by atoms with van der Waals surface area (Å²) in [6, 6.07) is 6.08. The number of carbonyl (C=O) groups is 1. The fourth-order valence-electron chi connectivity index (χ4n) is 2.95. The van der Waals surface area contributed by atoms with Gasteiger partial charge in [0.2, 0.25) is 5.91 Å². The molecule has 1 heterocycles. The molecule has 0 radical (unpaired) electrons. The third-order valence-corrected chi connectivity index (χ3v) is 4.19. The largest absolute Gasteiger partial charge is 0.359 e. The molecule has 1 aromatic heterocycles. The molecule has 3 rings (SSSR count). The van der Waals surface area contributed by atoms with E-state index >= 15 is 0 Å². The highest BCUT2D eigenvalue weighted by Crippen LogP contribution is 2.27. The van der Waals surface area contributed by atoms with Gasteiger partial charge in [0.05, 0.1) is 6.42 Å². The van der Waals surface area contributed by atoms with Crippen LogP contribution in [-0.2, 0) is 24.1 Å². The van der Waals surface area contributed by atoms with Crippen LogP contribution in [0.5, 0.6) is 0 Å². The van der Waals surface area contributed by atoms with Crippen LogP contribution in [0.3, 0.4) is 0 Å². The van der Waals surface area contributed by atoms with Gasteiger partial charge in [0.1, 0.15) is 5.76 Å². The fourth-order valence-corrected chi connectivity index (χ4v) is 2.95. The molecule has 110 valence electrons. The van der Waals surface area contributed by atoms with E-state index < -0.39 is 0 Å². The van der Waals surface area contributed by atoms with Gasteiger partial charge in [-0.15, -0.1) is 0 Å². The molecule has 0 bridgehead atoms. The van der Waals surface area contributed by atoms with Crippen LogP contribution in [0.4, 0.5) is 5.82 Å². The molecule has 1 aliphatic rings. The number of nitrogens with one attached hydrogen (secondary N) is 1. The van der Waals surface area contributed by atoms with Crippen molar-refractivity contribution >= 4 is 11.7 Å². The van der Waals surface area contributed by atoms with E-state index in [1.54, 1.807) is 0 Å². The van der Waals surface area contributed by atoms with Crippen molar-refractivity contribution in [1.82, 2.24) is 5.16 Å². The Morgan fingerprint density at radius 1 is 1.24 bits per heavy atom. The molecule has 0 spiro atoms. The molecule has 0 atom stereocenters. The summed E-state index contributed by atoms with van der Waals surface area (Å²) >= 11 is 0. The third-order valence-electron chi connectivity index (χ3n) is 4.19. The van der Waals surface area contributed by atoms with E-state index in [0.29, 0.717) is 12.2 Å². The summed E-state index contributed by atoms with van der Waals surface area (Å²) in [5.41, 5.74) is 4.46. The molecule has 4 heteroatoms. The lowest BCUT2D eigenvalue weighted by Gasteiger charge is -2.11. The lowest BCUT2D eigenvalue weighted by Crippen LogP contribution is -2.17. The van der Waals surface area contributed by atoms with E-state index in [0.717, 1.165) is 53.7 Å². The zero-order chi connectivity index (χ0) is 14.8. The van der Waals surface area contributed by atoms with Crippen LogP contribution in [0, 0.1) is 13.8 Å². The Balaban J connectivity index is 1.74. The quantitative estimate of drug-likeness (QED) is 0.940. The van der Waals surface area contributed by atoms with E-state index in [2.05, 4.69) is 10.5 Å². The Kier molecular flexibility index (Phi) is 3.78. The molecular formula is C17H20N2O2. The molecule has 1 aromatic carbocycles. The Bertz CT molecular complexity index is 653. The minimum Gasteiger partial charge on any atom is -0.359 e. The number of nitrogens with zero attached hydrogens (tertiary/aromatic N) is 1. The monoisotopic (exact) mass is 284 g/mol. The maximum atomic E-state index is 12.3. The maximum Gasteiger partial charge on any atom is 0.230 e. The van der Waals surface area contributed by atoms with Crippen LogP contribution in [0.15, 0.2) is 22.7 Å². The van der Waals surface area contributed by atoms with Crippen molar-refractivity contribution in [2.45, 2.75) is 46.0 Å². The van der Waals surface area contributed by atoms with Crippen LogP contribution >= 0.6 is 0 Å². The second-order valence-electron chi connectivity index (χ2n) is 5.74. The number of rotatable bonds is 3. The van der Waals surface area contributed by atoms with Gasteiger partial charge in [-0.25, -0.2) is 0 Å². The van der Waals surface area contributed by atoms with Crippen molar-refractivity contribution in [3.8, 4) is 0 Å². The van der Waals surface area contributed by atoms with Crippen LogP contribution in [0.25, 0.3) is 0 Å². The number of benzene rings is 1. The summed E-state index contributed by atoms with van der Waals surface area (Å²) in [5, 5.41) is 6.93. The van der Waals surface area contributed by atoms with Crippen molar-refractivity contribution in [1.29, 1.82) is 0 Å². The van der Waals surface area contributed by atoms with Crippen molar-refractivity contribution < 1.29 is 9.32 Å². The summed E-state index contributed by atoms with van der Waals surface area (Å²) in [5.74, 6) is 1.51. The SMILES string of the molecule is Cc1cccc(C)c1CC(=O)Nc1noc2c1CCCC2. The lowest BCUT2D eigenvalue weighted by molar-refractivity contribution is -0.115. The number of aromatic nitrogens is 1. The predicted octanol–water partition coefficient (Wildman–Crippen LogP) is 3.35. The zero-order valence-electron chi connectivity index (χ0n) is 12.5. The minimum atomic E-state index is -0.0333. The molecule has 2 aromatic rings. The number of carbonyl (C=O) groups excluding carboxylic acids is 1. The van der Waals surface area contributed by atoms with Crippen molar-refractivity contribution in [2.75, 3.05) is 5.32 Å². The first kappa shape index (κ1) is 13.9. The smallest absolute Gasteiger partial charge is 0.230 e.